The molecule has 5 unspecified atom stereocenters. The highest BCUT2D eigenvalue weighted by molar-refractivity contribution is 5.24. The molecule has 5 atom stereocenters. The van der Waals surface area contributed by atoms with Gasteiger partial charge in [0.2, 0.25) is 5.79 Å². The molecular weight excluding hydrogens is 368 g/mol. The molecule has 0 spiro atoms. The summed E-state index contributed by atoms with van der Waals surface area (Å²) in [7, 11) is 0. The molecule has 0 aromatic rings. The number of hydrogen-bond acceptors (Lipinski definition) is 2. The summed E-state index contributed by atoms with van der Waals surface area (Å²) in [6, 6.07) is 0. The first-order valence-electron chi connectivity index (χ1n) is 12.6. The standard InChI is InChI=1S/C28H44O2/c1-19(2)24-23-18-21(15-16-22(23)25-26(24)27(25,3)4)30-28(5,6)29-17-11-10-14-20-12-8-7-9-13-20/h7-8,12,18-19,22-26H,9-11,13-17H2,1-6H3. The van der Waals surface area contributed by atoms with Crippen molar-refractivity contribution < 1.29 is 9.47 Å². The van der Waals surface area contributed by atoms with Gasteiger partial charge in [0.05, 0.1) is 12.4 Å². The Labute approximate surface area is 185 Å². The average molecular weight is 413 g/mol. The van der Waals surface area contributed by atoms with Crippen LogP contribution < -0.4 is 0 Å². The summed E-state index contributed by atoms with van der Waals surface area (Å²) in [5.41, 5.74) is 2.15. The van der Waals surface area contributed by atoms with E-state index in [1.165, 1.54) is 37.9 Å². The Morgan fingerprint density at radius 1 is 1.13 bits per heavy atom. The Balaban J connectivity index is 1.26. The minimum Gasteiger partial charge on any atom is -0.468 e. The molecule has 2 nitrogen and oxygen atoms in total. The van der Waals surface area contributed by atoms with Crippen LogP contribution in [0.5, 0.6) is 0 Å². The Morgan fingerprint density at radius 3 is 2.63 bits per heavy atom. The van der Waals surface area contributed by atoms with Crippen molar-refractivity contribution in [3.05, 3.63) is 35.6 Å². The lowest BCUT2D eigenvalue weighted by molar-refractivity contribution is -0.193. The first-order chi connectivity index (χ1) is 14.2. The van der Waals surface area contributed by atoms with E-state index < -0.39 is 5.79 Å². The Hall–Kier alpha value is -1.02. The van der Waals surface area contributed by atoms with Gasteiger partial charge in [-0.25, -0.2) is 0 Å². The van der Waals surface area contributed by atoms with Crippen molar-refractivity contribution in [2.75, 3.05) is 6.61 Å². The Morgan fingerprint density at radius 2 is 1.93 bits per heavy atom. The molecule has 0 N–H and O–H groups in total. The third-order valence-corrected chi connectivity index (χ3v) is 8.50. The lowest BCUT2D eigenvalue weighted by Gasteiger charge is -2.37. The van der Waals surface area contributed by atoms with Crippen molar-refractivity contribution in [3.8, 4) is 0 Å². The zero-order valence-corrected chi connectivity index (χ0v) is 20.2. The minimum atomic E-state index is -0.528. The highest BCUT2D eigenvalue weighted by Gasteiger charge is 2.71. The van der Waals surface area contributed by atoms with Crippen LogP contribution in [0.15, 0.2) is 35.6 Å². The molecule has 4 aliphatic carbocycles. The van der Waals surface area contributed by atoms with Gasteiger partial charge in [0.1, 0.15) is 0 Å². The van der Waals surface area contributed by atoms with Crippen LogP contribution in [0.4, 0.5) is 0 Å². The summed E-state index contributed by atoms with van der Waals surface area (Å²) in [4.78, 5) is 0. The molecule has 2 heteroatoms. The molecule has 0 aromatic carbocycles. The molecule has 0 bridgehead atoms. The molecule has 0 radical (unpaired) electrons. The van der Waals surface area contributed by atoms with Crippen LogP contribution >= 0.6 is 0 Å². The zero-order valence-electron chi connectivity index (χ0n) is 20.2. The molecule has 0 aromatic heterocycles. The van der Waals surface area contributed by atoms with Crippen molar-refractivity contribution in [1.29, 1.82) is 0 Å². The van der Waals surface area contributed by atoms with E-state index in [1.807, 2.05) is 0 Å². The van der Waals surface area contributed by atoms with E-state index in [0.29, 0.717) is 11.3 Å². The van der Waals surface area contributed by atoms with Gasteiger partial charge in [0, 0.05) is 20.3 Å². The van der Waals surface area contributed by atoms with Crippen LogP contribution in [0.3, 0.4) is 0 Å². The molecule has 0 saturated heterocycles. The van der Waals surface area contributed by atoms with Crippen LogP contribution in [0.2, 0.25) is 0 Å². The van der Waals surface area contributed by atoms with Crippen LogP contribution in [-0.2, 0) is 9.47 Å². The second-order valence-corrected chi connectivity index (χ2v) is 11.7. The summed E-state index contributed by atoms with van der Waals surface area (Å²) >= 11 is 0. The topological polar surface area (TPSA) is 18.5 Å². The maximum absolute atomic E-state index is 6.43. The second kappa shape index (κ2) is 8.49. The van der Waals surface area contributed by atoms with Gasteiger partial charge < -0.3 is 9.47 Å². The molecule has 30 heavy (non-hydrogen) atoms. The SMILES string of the molecule is CC(C)C1C2C=C(OC(C)(C)OCCCCC3=CC=CCC3)CCC2C2C1C2(C)C. The molecule has 4 rings (SSSR count). The molecule has 0 heterocycles. The summed E-state index contributed by atoms with van der Waals surface area (Å²) < 4.78 is 12.6. The lowest BCUT2D eigenvalue weighted by atomic mass is 9.70. The molecule has 2 fully saturated rings. The van der Waals surface area contributed by atoms with Gasteiger partial charge in [-0.3, -0.25) is 0 Å². The van der Waals surface area contributed by atoms with E-state index in [-0.39, 0.29) is 0 Å². The molecule has 0 aliphatic heterocycles. The summed E-state index contributed by atoms with van der Waals surface area (Å²) in [5.74, 6) is 5.67. The number of unbranched alkanes of at least 4 members (excludes halogenated alkanes) is 1. The maximum Gasteiger partial charge on any atom is 0.204 e. The van der Waals surface area contributed by atoms with Crippen LogP contribution in [-0.4, -0.2) is 12.4 Å². The predicted octanol–water partition coefficient (Wildman–Crippen LogP) is 7.67. The van der Waals surface area contributed by atoms with E-state index >= 15 is 0 Å². The number of fused-ring (bicyclic) bond motifs is 3. The first-order valence-corrected chi connectivity index (χ1v) is 12.6. The molecular formula is C28H44O2. The van der Waals surface area contributed by atoms with E-state index in [0.717, 1.165) is 49.0 Å². The van der Waals surface area contributed by atoms with Crippen molar-refractivity contribution in [3.63, 3.8) is 0 Å². The van der Waals surface area contributed by atoms with Crippen molar-refractivity contribution in [2.24, 2.45) is 40.9 Å². The zero-order chi connectivity index (χ0) is 21.5. The van der Waals surface area contributed by atoms with E-state index in [4.69, 9.17) is 9.47 Å². The van der Waals surface area contributed by atoms with Gasteiger partial charge in [0.15, 0.2) is 0 Å². The second-order valence-electron chi connectivity index (χ2n) is 11.7. The predicted molar refractivity (Wildman–Crippen MR) is 125 cm³/mol. The highest BCUT2D eigenvalue weighted by atomic mass is 16.7. The van der Waals surface area contributed by atoms with Gasteiger partial charge in [-0.1, -0.05) is 51.5 Å². The summed E-state index contributed by atoms with van der Waals surface area (Å²) in [5, 5.41) is 0. The van der Waals surface area contributed by atoms with Crippen LogP contribution in [0, 0.1) is 40.9 Å². The molecule has 168 valence electrons. The maximum atomic E-state index is 6.43. The fraction of sp³-hybridized carbons (Fsp3) is 0.786. The summed E-state index contributed by atoms with van der Waals surface area (Å²) in [6.07, 6.45) is 17.6. The fourth-order valence-corrected chi connectivity index (χ4v) is 7.17. The Bertz CT molecular complexity index is 708. The number of hydrogen-bond donors (Lipinski definition) is 0. The van der Waals surface area contributed by atoms with Gasteiger partial charge in [-0.15, -0.1) is 0 Å². The van der Waals surface area contributed by atoms with Gasteiger partial charge >= 0.3 is 0 Å². The van der Waals surface area contributed by atoms with Crippen LogP contribution in [0.1, 0.15) is 86.5 Å². The van der Waals surface area contributed by atoms with E-state index in [9.17, 15) is 0 Å². The molecule has 4 aliphatic rings. The summed E-state index contributed by atoms with van der Waals surface area (Å²) in [6.45, 7) is 14.8. The third-order valence-electron chi connectivity index (χ3n) is 8.50. The first kappa shape index (κ1) is 22.2. The van der Waals surface area contributed by atoms with Crippen molar-refractivity contribution in [1.82, 2.24) is 0 Å². The quantitative estimate of drug-likeness (QED) is 0.286. The van der Waals surface area contributed by atoms with Crippen molar-refractivity contribution >= 4 is 0 Å². The van der Waals surface area contributed by atoms with E-state index in [1.54, 1.807) is 5.57 Å². The highest BCUT2D eigenvalue weighted by Crippen LogP contribution is 2.75. The molecule has 2 saturated carbocycles. The third kappa shape index (κ3) is 4.45. The lowest BCUT2D eigenvalue weighted by Crippen LogP contribution is -2.33. The molecule has 0 amide bonds. The monoisotopic (exact) mass is 412 g/mol. The Kier molecular flexibility index (Phi) is 6.28. The smallest absolute Gasteiger partial charge is 0.204 e. The van der Waals surface area contributed by atoms with Gasteiger partial charge in [-0.2, -0.15) is 0 Å². The normalized spacial score (nSPS) is 34.3. The fourth-order valence-electron chi connectivity index (χ4n) is 7.17. The number of ether oxygens (including phenoxy) is 2. The average Bonchev–Trinajstić information content (AvgIpc) is 3.06. The van der Waals surface area contributed by atoms with Crippen molar-refractivity contribution in [2.45, 2.75) is 92.3 Å². The van der Waals surface area contributed by atoms with Crippen LogP contribution in [0.25, 0.3) is 0 Å². The number of allylic oxidation sites excluding steroid dienone is 6. The largest absolute Gasteiger partial charge is 0.468 e. The minimum absolute atomic E-state index is 0.528. The number of rotatable bonds is 9. The van der Waals surface area contributed by atoms with Gasteiger partial charge in [-0.05, 0) is 85.5 Å². The van der Waals surface area contributed by atoms with E-state index in [2.05, 4.69) is 65.8 Å². The van der Waals surface area contributed by atoms with Gasteiger partial charge in [0.25, 0.3) is 0 Å².